The lowest BCUT2D eigenvalue weighted by Gasteiger charge is -2.39. The average molecular weight is 282 g/mol. The standard InChI is InChI=1S/C16H30N2O2/c1-13-6-5-9-16(10-13,12-19)17-11-15(20)18-14-7-3-2-4-8-14/h13-14,17,19H,2-12H2,1H3,(H,18,20). The quantitative estimate of drug-likeness (QED) is 0.722. The highest BCUT2D eigenvalue weighted by Crippen LogP contribution is 2.31. The smallest absolute Gasteiger partial charge is 0.234 e. The zero-order chi connectivity index (χ0) is 14.4. The van der Waals surface area contributed by atoms with E-state index < -0.39 is 0 Å². The molecule has 0 heterocycles. The van der Waals surface area contributed by atoms with Crippen molar-refractivity contribution in [2.75, 3.05) is 13.2 Å². The molecule has 0 aliphatic heterocycles. The van der Waals surface area contributed by atoms with Crippen LogP contribution in [0.4, 0.5) is 0 Å². The molecule has 2 fully saturated rings. The van der Waals surface area contributed by atoms with Crippen LogP contribution in [-0.4, -0.2) is 35.7 Å². The van der Waals surface area contributed by atoms with Gasteiger partial charge in [-0.3, -0.25) is 4.79 Å². The van der Waals surface area contributed by atoms with Crippen LogP contribution in [0.2, 0.25) is 0 Å². The van der Waals surface area contributed by atoms with Crippen molar-refractivity contribution in [2.24, 2.45) is 5.92 Å². The average Bonchev–Trinajstić information content (AvgIpc) is 2.46. The SMILES string of the molecule is CC1CCCC(CO)(NCC(=O)NC2CCCCC2)C1. The molecular formula is C16H30N2O2. The molecule has 2 aliphatic carbocycles. The molecule has 0 aromatic heterocycles. The van der Waals surface area contributed by atoms with E-state index in [0.717, 1.165) is 32.1 Å². The molecule has 1 amide bonds. The number of nitrogens with one attached hydrogen (secondary N) is 2. The Morgan fingerprint density at radius 2 is 1.95 bits per heavy atom. The molecule has 4 heteroatoms. The number of hydrogen-bond donors (Lipinski definition) is 3. The first-order chi connectivity index (χ1) is 9.63. The number of amides is 1. The molecule has 2 unspecified atom stereocenters. The van der Waals surface area contributed by atoms with E-state index in [2.05, 4.69) is 17.6 Å². The van der Waals surface area contributed by atoms with E-state index in [0.29, 0.717) is 18.5 Å². The third-order valence-electron chi connectivity index (χ3n) is 4.99. The minimum atomic E-state index is -0.235. The Morgan fingerprint density at radius 3 is 2.60 bits per heavy atom. The summed E-state index contributed by atoms with van der Waals surface area (Å²) in [7, 11) is 0. The highest BCUT2D eigenvalue weighted by Gasteiger charge is 2.34. The van der Waals surface area contributed by atoms with Crippen LogP contribution in [0.25, 0.3) is 0 Å². The van der Waals surface area contributed by atoms with Crippen molar-refractivity contribution in [3.8, 4) is 0 Å². The van der Waals surface area contributed by atoms with Gasteiger partial charge in [-0.15, -0.1) is 0 Å². The Morgan fingerprint density at radius 1 is 1.20 bits per heavy atom. The fourth-order valence-electron chi connectivity index (χ4n) is 3.81. The van der Waals surface area contributed by atoms with Crippen LogP contribution in [0.5, 0.6) is 0 Å². The van der Waals surface area contributed by atoms with Crippen molar-refractivity contribution in [3.63, 3.8) is 0 Å². The fraction of sp³-hybridized carbons (Fsp3) is 0.938. The molecule has 0 spiro atoms. The summed E-state index contributed by atoms with van der Waals surface area (Å²) in [6, 6.07) is 0.369. The summed E-state index contributed by atoms with van der Waals surface area (Å²) >= 11 is 0. The largest absolute Gasteiger partial charge is 0.394 e. The Balaban J connectivity index is 1.75. The molecule has 2 atom stereocenters. The molecule has 0 radical (unpaired) electrons. The van der Waals surface area contributed by atoms with Crippen LogP contribution < -0.4 is 10.6 Å². The maximum Gasteiger partial charge on any atom is 0.234 e. The van der Waals surface area contributed by atoms with Crippen LogP contribution in [-0.2, 0) is 4.79 Å². The van der Waals surface area contributed by atoms with Crippen molar-refractivity contribution in [3.05, 3.63) is 0 Å². The summed E-state index contributed by atoms with van der Waals surface area (Å²) in [5, 5.41) is 16.2. The molecule has 0 aromatic rings. The summed E-state index contributed by atoms with van der Waals surface area (Å²) in [5.41, 5.74) is -0.235. The Hall–Kier alpha value is -0.610. The van der Waals surface area contributed by atoms with E-state index in [-0.39, 0.29) is 18.1 Å². The number of carbonyl (C=O) groups is 1. The first-order valence-corrected chi connectivity index (χ1v) is 8.29. The maximum absolute atomic E-state index is 12.0. The predicted octanol–water partition coefficient (Wildman–Crippen LogP) is 1.97. The second-order valence-corrected chi connectivity index (χ2v) is 6.90. The van der Waals surface area contributed by atoms with Gasteiger partial charge in [0.1, 0.15) is 0 Å². The second kappa shape index (κ2) is 7.41. The normalized spacial score (nSPS) is 32.0. The Kier molecular flexibility index (Phi) is 5.85. The Labute approximate surface area is 122 Å². The minimum absolute atomic E-state index is 0.0861. The summed E-state index contributed by atoms with van der Waals surface area (Å²) in [4.78, 5) is 12.0. The van der Waals surface area contributed by atoms with E-state index in [4.69, 9.17) is 0 Å². The number of rotatable bonds is 5. The van der Waals surface area contributed by atoms with Gasteiger partial charge in [0.15, 0.2) is 0 Å². The third kappa shape index (κ3) is 4.45. The van der Waals surface area contributed by atoms with Gasteiger partial charge in [0, 0.05) is 11.6 Å². The van der Waals surface area contributed by atoms with E-state index in [1.807, 2.05) is 0 Å². The summed E-state index contributed by atoms with van der Waals surface area (Å²) in [6.07, 6.45) is 10.3. The van der Waals surface area contributed by atoms with E-state index in [1.165, 1.54) is 25.7 Å². The van der Waals surface area contributed by atoms with Crippen molar-refractivity contribution >= 4 is 5.91 Å². The summed E-state index contributed by atoms with van der Waals surface area (Å²) in [6.45, 7) is 2.70. The Bertz CT molecular complexity index is 316. The zero-order valence-corrected chi connectivity index (χ0v) is 12.8. The molecule has 20 heavy (non-hydrogen) atoms. The van der Waals surface area contributed by atoms with Gasteiger partial charge in [0.25, 0.3) is 0 Å². The monoisotopic (exact) mass is 282 g/mol. The van der Waals surface area contributed by atoms with Crippen LogP contribution in [0.1, 0.15) is 64.7 Å². The highest BCUT2D eigenvalue weighted by molar-refractivity contribution is 5.78. The second-order valence-electron chi connectivity index (χ2n) is 6.90. The van der Waals surface area contributed by atoms with Crippen molar-refractivity contribution in [2.45, 2.75) is 76.3 Å². The first kappa shape index (κ1) is 15.8. The van der Waals surface area contributed by atoms with Crippen LogP contribution in [0.3, 0.4) is 0 Å². The van der Waals surface area contributed by atoms with Crippen molar-refractivity contribution < 1.29 is 9.90 Å². The minimum Gasteiger partial charge on any atom is -0.394 e. The van der Waals surface area contributed by atoms with Crippen molar-refractivity contribution in [1.29, 1.82) is 0 Å². The zero-order valence-electron chi connectivity index (χ0n) is 12.8. The van der Waals surface area contributed by atoms with E-state index in [9.17, 15) is 9.90 Å². The third-order valence-corrected chi connectivity index (χ3v) is 4.99. The molecule has 4 nitrogen and oxygen atoms in total. The molecule has 2 rings (SSSR count). The predicted molar refractivity (Wildman–Crippen MR) is 80.5 cm³/mol. The molecule has 2 aliphatic rings. The number of hydrogen-bond acceptors (Lipinski definition) is 3. The van der Waals surface area contributed by atoms with Gasteiger partial charge in [-0.05, 0) is 31.6 Å². The van der Waals surface area contributed by atoms with Gasteiger partial charge >= 0.3 is 0 Å². The molecule has 2 saturated carbocycles. The first-order valence-electron chi connectivity index (χ1n) is 8.29. The van der Waals surface area contributed by atoms with Crippen LogP contribution in [0.15, 0.2) is 0 Å². The van der Waals surface area contributed by atoms with Gasteiger partial charge in [0.2, 0.25) is 5.91 Å². The van der Waals surface area contributed by atoms with Gasteiger partial charge in [0.05, 0.1) is 13.2 Å². The molecule has 3 N–H and O–H groups in total. The topological polar surface area (TPSA) is 61.4 Å². The van der Waals surface area contributed by atoms with E-state index in [1.54, 1.807) is 0 Å². The van der Waals surface area contributed by atoms with Gasteiger partial charge < -0.3 is 15.7 Å². The fourth-order valence-corrected chi connectivity index (χ4v) is 3.81. The summed E-state index contributed by atoms with van der Waals surface area (Å²) in [5.74, 6) is 0.716. The summed E-state index contributed by atoms with van der Waals surface area (Å²) < 4.78 is 0. The van der Waals surface area contributed by atoms with Gasteiger partial charge in [-0.1, -0.05) is 39.0 Å². The highest BCUT2D eigenvalue weighted by atomic mass is 16.3. The lowest BCUT2D eigenvalue weighted by atomic mass is 9.77. The number of aliphatic hydroxyl groups is 1. The molecule has 0 bridgehead atoms. The molecule has 116 valence electrons. The lowest BCUT2D eigenvalue weighted by Crippen LogP contribution is -2.55. The van der Waals surface area contributed by atoms with Gasteiger partial charge in [-0.25, -0.2) is 0 Å². The van der Waals surface area contributed by atoms with Crippen LogP contribution >= 0.6 is 0 Å². The number of carbonyl (C=O) groups excluding carboxylic acids is 1. The van der Waals surface area contributed by atoms with E-state index >= 15 is 0 Å². The molecule has 0 aromatic carbocycles. The van der Waals surface area contributed by atoms with Crippen molar-refractivity contribution in [1.82, 2.24) is 10.6 Å². The van der Waals surface area contributed by atoms with Gasteiger partial charge in [-0.2, -0.15) is 0 Å². The lowest BCUT2D eigenvalue weighted by molar-refractivity contribution is -0.121. The number of aliphatic hydroxyl groups excluding tert-OH is 1. The molecular weight excluding hydrogens is 252 g/mol. The molecule has 0 saturated heterocycles. The maximum atomic E-state index is 12.0. The van der Waals surface area contributed by atoms with Crippen LogP contribution in [0, 0.1) is 5.92 Å².